The first-order chi connectivity index (χ1) is 13.1. The number of aryl methyl sites for hydroxylation is 1. The van der Waals surface area contributed by atoms with Crippen LogP contribution in [-0.4, -0.2) is 61.2 Å². The highest BCUT2D eigenvalue weighted by Crippen LogP contribution is 2.31. The van der Waals surface area contributed by atoms with E-state index in [9.17, 15) is 4.79 Å². The molecule has 0 N–H and O–H groups in total. The van der Waals surface area contributed by atoms with Gasteiger partial charge in [0.1, 0.15) is 0 Å². The van der Waals surface area contributed by atoms with Crippen LogP contribution < -0.4 is 4.90 Å². The molecule has 0 unspecified atom stereocenters. The molecule has 0 saturated carbocycles. The maximum absolute atomic E-state index is 12.9. The number of rotatable bonds is 3. The Morgan fingerprint density at radius 3 is 2.67 bits per heavy atom. The number of anilines is 1. The van der Waals surface area contributed by atoms with E-state index < -0.39 is 0 Å². The van der Waals surface area contributed by atoms with Crippen LogP contribution in [0.3, 0.4) is 0 Å². The molecule has 2 aliphatic rings. The van der Waals surface area contributed by atoms with Gasteiger partial charge in [-0.3, -0.25) is 4.79 Å². The number of carbonyl (C=O) groups excluding carboxylic acids is 1. The quantitative estimate of drug-likeness (QED) is 0.836. The van der Waals surface area contributed by atoms with Crippen LogP contribution in [0.4, 0.5) is 5.95 Å². The lowest BCUT2D eigenvalue weighted by Gasteiger charge is -2.27. The van der Waals surface area contributed by atoms with Gasteiger partial charge in [-0.15, -0.1) is 0 Å². The Balaban J connectivity index is 1.73. The van der Waals surface area contributed by atoms with Gasteiger partial charge in [0, 0.05) is 49.6 Å². The summed E-state index contributed by atoms with van der Waals surface area (Å²) < 4.78 is 5.36. The molecule has 27 heavy (non-hydrogen) atoms. The van der Waals surface area contributed by atoms with Crippen LogP contribution in [-0.2, 0) is 17.6 Å². The maximum atomic E-state index is 12.9. The van der Waals surface area contributed by atoms with Crippen molar-refractivity contribution in [2.24, 2.45) is 0 Å². The number of hydrogen-bond acceptors (Lipinski definition) is 5. The molecule has 142 valence electrons. The van der Waals surface area contributed by atoms with Crippen LogP contribution in [0.15, 0.2) is 24.3 Å². The number of benzene rings is 1. The third kappa shape index (κ3) is 3.67. The summed E-state index contributed by atoms with van der Waals surface area (Å²) in [5, 5.41) is 0. The fourth-order valence-electron chi connectivity index (χ4n) is 3.77. The van der Waals surface area contributed by atoms with Crippen molar-refractivity contribution in [1.29, 1.82) is 0 Å². The number of carbonyl (C=O) groups is 1. The third-order valence-electron chi connectivity index (χ3n) is 5.25. The molecule has 0 spiro atoms. The summed E-state index contributed by atoms with van der Waals surface area (Å²) in [7, 11) is 3.93. The zero-order valence-electron chi connectivity index (χ0n) is 16.1. The standard InChI is InChI=1S/C21H26N4O2/c1-24(2)21-22-18-9-4-3-8-17(18)19(23-21)15-6-5-7-16(14-15)20(26)25-10-12-27-13-11-25/h5-7,14H,3-4,8-13H2,1-2H3. The molecule has 0 atom stereocenters. The minimum atomic E-state index is 0.0657. The lowest BCUT2D eigenvalue weighted by Crippen LogP contribution is -2.40. The highest BCUT2D eigenvalue weighted by Gasteiger charge is 2.22. The molecule has 0 radical (unpaired) electrons. The van der Waals surface area contributed by atoms with Gasteiger partial charge in [0.05, 0.1) is 18.9 Å². The van der Waals surface area contributed by atoms with E-state index in [1.807, 2.05) is 48.2 Å². The molecule has 6 heteroatoms. The van der Waals surface area contributed by atoms with Crippen molar-refractivity contribution in [1.82, 2.24) is 14.9 Å². The Morgan fingerprint density at radius 2 is 1.89 bits per heavy atom. The van der Waals surface area contributed by atoms with E-state index >= 15 is 0 Å². The van der Waals surface area contributed by atoms with Gasteiger partial charge in [-0.2, -0.15) is 0 Å². The number of fused-ring (bicyclic) bond motifs is 1. The number of aromatic nitrogens is 2. The molecule has 4 rings (SSSR count). The Morgan fingerprint density at radius 1 is 1.11 bits per heavy atom. The molecular formula is C21H26N4O2. The van der Waals surface area contributed by atoms with Gasteiger partial charge in [0.15, 0.2) is 0 Å². The molecule has 1 aromatic heterocycles. The highest BCUT2D eigenvalue weighted by atomic mass is 16.5. The van der Waals surface area contributed by atoms with Crippen LogP contribution in [0.1, 0.15) is 34.5 Å². The molecule has 1 aromatic carbocycles. The van der Waals surface area contributed by atoms with Crippen LogP contribution in [0.25, 0.3) is 11.3 Å². The minimum Gasteiger partial charge on any atom is -0.378 e. The van der Waals surface area contributed by atoms with E-state index in [4.69, 9.17) is 14.7 Å². The topological polar surface area (TPSA) is 58.6 Å². The van der Waals surface area contributed by atoms with E-state index in [2.05, 4.69) is 0 Å². The molecule has 0 bridgehead atoms. The molecule has 1 aliphatic carbocycles. The van der Waals surface area contributed by atoms with Gasteiger partial charge in [-0.1, -0.05) is 12.1 Å². The van der Waals surface area contributed by atoms with Crippen molar-refractivity contribution < 1.29 is 9.53 Å². The van der Waals surface area contributed by atoms with Gasteiger partial charge in [0.25, 0.3) is 5.91 Å². The number of hydrogen-bond donors (Lipinski definition) is 0. The predicted molar refractivity (Wildman–Crippen MR) is 105 cm³/mol. The lowest BCUT2D eigenvalue weighted by molar-refractivity contribution is 0.0303. The van der Waals surface area contributed by atoms with Crippen molar-refractivity contribution >= 4 is 11.9 Å². The largest absolute Gasteiger partial charge is 0.378 e. The number of amides is 1. The smallest absolute Gasteiger partial charge is 0.254 e. The summed E-state index contributed by atoms with van der Waals surface area (Å²) in [6.07, 6.45) is 4.33. The van der Waals surface area contributed by atoms with Crippen LogP contribution in [0, 0.1) is 0 Å². The van der Waals surface area contributed by atoms with E-state index in [1.165, 1.54) is 12.0 Å². The van der Waals surface area contributed by atoms with Crippen molar-refractivity contribution in [2.75, 3.05) is 45.3 Å². The molecule has 1 saturated heterocycles. The molecular weight excluding hydrogens is 340 g/mol. The second-order valence-corrected chi connectivity index (χ2v) is 7.38. The summed E-state index contributed by atoms with van der Waals surface area (Å²) >= 11 is 0. The van der Waals surface area contributed by atoms with E-state index in [1.54, 1.807) is 0 Å². The normalized spacial score (nSPS) is 16.7. The summed E-state index contributed by atoms with van der Waals surface area (Å²) in [5.74, 6) is 0.798. The van der Waals surface area contributed by atoms with E-state index in [0.717, 1.165) is 42.2 Å². The molecule has 2 heterocycles. The molecule has 1 aliphatic heterocycles. The Hall–Kier alpha value is -2.47. The summed E-state index contributed by atoms with van der Waals surface area (Å²) in [4.78, 5) is 26.3. The zero-order chi connectivity index (χ0) is 18.8. The average Bonchev–Trinajstić information content (AvgIpc) is 2.73. The zero-order valence-corrected chi connectivity index (χ0v) is 16.1. The maximum Gasteiger partial charge on any atom is 0.254 e. The van der Waals surface area contributed by atoms with Gasteiger partial charge >= 0.3 is 0 Å². The van der Waals surface area contributed by atoms with Crippen LogP contribution >= 0.6 is 0 Å². The van der Waals surface area contributed by atoms with Crippen molar-refractivity contribution in [2.45, 2.75) is 25.7 Å². The van der Waals surface area contributed by atoms with Crippen LogP contribution in [0.2, 0.25) is 0 Å². The summed E-state index contributed by atoms with van der Waals surface area (Å²) in [6, 6.07) is 7.87. The lowest BCUT2D eigenvalue weighted by atomic mass is 9.92. The number of morpholine rings is 1. The van der Waals surface area contributed by atoms with Gasteiger partial charge in [-0.25, -0.2) is 9.97 Å². The van der Waals surface area contributed by atoms with Crippen molar-refractivity contribution in [3.05, 3.63) is 41.1 Å². The first-order valence-corrected chi connectivity index (χ1v) is 9.68. The molecule has 1 amide bonds. The fourth-order valence-corrected chi connectivity index (χ4v) is 3.77. The first kappa shape index (κ1) is 17.9. The third-order valence-corrected chi connectivity index (χ3v) is 5.25. The summed E-state index contributed by atoms with van der Waals surface area (Å²) in [5.41, 5.74) is 5.07. The molecule has 1 fully saturated rings. The predicted octanol–water partition coefficient (Wildman–Crippen LogP) is 2.56. The van der Waals surface area contributed by atoms with Gasteiger partial charge in [0.2, 0.25) is 5.95 Å². The summed E-state index contributed by atoms with van der Waals surface area (Å²) in [6.45, 7) is 2.52. The van der Waals surface area contributed by atoms with Gasteiger partial charge < -0.3 is 14.5 Å². The highest BCUT2D eigenvalue weighted by molar-refractivity contribution is 5.95. The molecule has 2 aromatic rings. The second kappa shape index (κ2) is 7.64. The SMILES string of the molecule is CN(C)c1nc2c(c(-c3cccc(C(=O)N4CCOCC4)c3)n1)CCCC2. The van der Waals surface area contributed by atoms with Crippen molar-refractivity contribution in [3.8, 4) is 11.3 Å². The van der Waals surface area contributed by atoms with Crippen LogP contribution in [0.5, 0.6) is 0 Å². The fraction of sp³-hybridized carbons (Fsp3) is 0.476. The van der Waals surface area contributed by atoms with E-state index in [0.29, 0.717) is 31.9 Å². The van der Waals surface area contributed by atoms with Crippen molar-refractivity contribution in [3.63, 3.8) is 0 Å². The second-order valence-electron chi connectivity index (χ2n) is 7.38. The number of nitrogens with zero attached hydrogens (tertiary/aromatic N) is 4. The van der Waals surface area contributed by atoms with Gasteiger partial charge in [-0.05, 0) is 37.8 Å². The Labute approximate surface area is 160 Å². The Kier molecular flexibility index (Phi) is 5.07. The Bertz CT molecular complexity index is 844. The molecule has 6 nitrogen and oxygen atoms in total. The van der Waals surface area contributed by atoms with E-state index in [-0.39, 0.29) is 5.91 Å². The number of ether oxygens (including phenoxy) is 1. The average molecular weight is 366 g/mol. The minimum absolute atomic E-state index is 0.0657. The monoisotopic (exact) mass is 366 g/mol. The first-order valence-electron chi connectivity index (χ1n) is 9.68.